The number of ether oxygens (including phenoxy) is 6. The van der Waals surface area contributed by atoms with Gasteiger partial charge in [-0.25, -0.2) is 0 Å². The third kappa shape index (κ3) is 6.55. The number of rotatable bonds is 8. The first-order valence-electron chi connectivity index (χ1n) is 13.7. The van der Waals surface area contributed by atoms with Gasteiger partial charge >= 0.3 is 0 Å². The minimum atomic E-state index is -1.45. The highest BCUT2D eigenvalue weighted by Crippen LogP contribution is 2.34. The van der Waals surface area contributed by atoms with Gasteiger partial charge < -0.3 is 93.5 Å². The van der Waals surface area contributed by atoms with Crippen molar-refractivity contribution in [2.75, 3.05) is 13.1 Å². The molecule has 18 heteroatoms. The van der Waals surface area contributed by atoms with Crippen LogP contribution in [0.5, 0.6) is 0 Å². The lowest BCUT2D eigenvalue weighted by molar-refractivity contribution is -0.306. The Bertz CT molecular complexity index is 851. The molecule has 3 aliphatic heterocycles. The van der Waals surface area contributed by atoms with E-state index >= 15 is 0 Å². The summed E-state index contributed by atoms with van der Waals surface area (Å²) in [6.07, 6.45) is -18.2. The van der Waals surface area contributed by atoms with Crippen LogP contribution in [0, 0.1) is 0 Å². The van der Waals surface area contributed by atoms with E-state index in [1.807, 2.05) is 0 Å². The highest BCUT2D eigenvalue weighted by Gasteiger charge is 2.53. The van der Waals surface area contributed by atoms with Gasteiger partial charge in [0.25, 0.3) is 0 Å². The zero-order valence-corrected chi connectivity index (χ0v) is 22.7. The quantitative estimate of drug-likeness (QED) is 0.123. The molecule has 3 heterocycles. The Labute approximate surface area is 236 Å². The summed E-state index contributed by atoms with van der Waals surface area (Å²) in [7, 11) is 0. The average molecular weight is 599 g/mol. The van der Waals surface area contributed by atoms with Crippen molar-refractivity contribution in [2.45, 2.75) is 130 Å². The average Bonchev–Trinajstić information content (AvgIpc) is 3.20. The van der Waals surface area contributed by atoms with Gasteiger partial charge in [-0.15, -0.1) is 0 Å². The normalized spacial score (nSPS) is 54.8. The number of hydrogen-bond acceptors (Lipinski definition) is 18. The second-order valence-electron chi connectivity index (χ2n) is 11.2. The van der Waals surface area contributed by atoms with E-state index in [4.69, 9.17) is 62.8 Å². The summed E-state index contributed by atoms with van der Waals surface area (Å²) in [4.78, 5) is 0. The van der Waals surface area contributed by atoms with Gasteiger partial charge in [0.05, 0.1) is 24.3 Å². The molecule has 0 aromatic rings. The molecular formula is C23H46N6O12. The summed E-state index contributed by atoms with van der Waals surface area (Å²) in [6.45, 7) is 1.34. The molecule has 41 heavy (non-hydrogen) atoms. The zero-order chi connectivity index (χ0) is 30.3. The first kappa shape index (κ1) is 33.2. The summed E-state index contributed by atoms with van der Waals surface area (Å²) in [5.74, 6) is 0. The van der Waals surface area contributed by atoms with Crippen molar-refractivity contribution in [1.82, 2.24) is 0 Å². The second-order valence-corrected chi connectivity index (χ2v) is 11.2. The van der Waals surface area contributed by atoms with Crippen LogP contribution in [-0.2, 0) is 28.4 Å². The predicted molar refractivity (Wildman–Crippen MR) is 137 cm³/mol. The van der Waals surface area contributed by atoms with E-state index in [0.717, 1.165) is 0 Å². The molecule has 0 amide bonds. The fourth-order valence-corrected chi connectivity index (χ4v) is 5.72. The third-order valence-electron chi connectivity index (χ3n) is 8.33. The van der Waals surface area contributed by atoms with Gasteiger partial charge in [-0.1, -0.05) is 0 Å². The number of aliphatic hydroxyl groups is 6. The molecule has 3 saturated heterocycles. The number of hydrogen-bond donors (Lipinski definition) is 12. The van der Waals surface area contributed by atoms with Gasteiger partial charge in [-0.3, -0.25) is 0 Å². The van der Waals surface area contributed by atoms with Crippen molar-refractivity contribution in [2.24, 2.45) is 34.4 Å². The van der Waals surface area contributed by atoms with E-state index in [2.05, 4.69) is 0 Å². The first-order valence-corrected chi connectivity index (χ1v) is 13.7. The van der Waals surface area contributed by atoms with E-state index in [1.54, 1.807) is 6.92 Å². The van der Waals surface area contributed by atoms with E-state index < -0.39 is 116 Å². The van der Waals surface area contributed by atoms with Crippen molar-refractivity contribution in [1.29, 1.82) is 0 Å². The monoisotopic (exact) mass is 598 g/mol. The lowest BCUT2D eigenvalue weighted by Crippen LogP contribution is -2.68. The Morgan fingerprint density at radius 3 is 1.51 bits per heavy atom. The second kappa shape index (κ2) is 13.5. The molecule has 1 saturated carbocycles. The standard InChI is InChI=1S/C23H46N6O12/c1-5-18(39-21-10(28)15(33)13(31)8(3-24)37-21)17(35)23(36-5)41-20-12(30)6(26)2-7(27)19(20)40-22-11(29)16(34)14(32)9(4-25)38-22/h5-23,30-35H,2-4,24-29H2,1H3/t5-,6-,7?,8+,9?,10-,11?,12?,13?,14-,15?,16-,17?,18+,19-,20-,21?,22-,23+/m1/s1. The SMILES string of the molecule is C[C@H]1O[C@@H](O[C@@H]2C(O)[C@H](N)CC(N)[C@H]2O[C@H]2OC(CN)[C@@H](O)[C@H](O)C2N)C(O)[C@H]1OC1O[C@@H](CN)C(O)C(O)[C@H]1N. The number of nitrogens with two attached hydrogens (primary N) is 6. The van der Waals surface area contributed by atoms with Gasteiger partial charge in [0.2, 0.25) is 0 Å². The summed E-state index contributed by atoms with van der Waals surface area (Å²) < 4.78 is 34.9. The molecule has 1 aliphatic carbocycles. The highest BCUT2D eigenvalue weighted by atomic mass is 16.8. The maximum atomic E-state index is 11.1. The van der Waals surface area contributed by atoms with Crippen LogP contribution in [0.25, 0.3) is 0 Å². The molecule has 0 aromatic heterocycles. The summed E-state index contributed by atoms with van der Waals surface area (Å²) in [5.41, 5.74) is 35.7. The van der Waals surface area contributed by atoms with E-state index in [-0.39, 0.29) is 19.5 Å². The van der Waals surface area contributed by atoms with E-state index in [9.17, 15) is 30.6 Å². The Balaban J connectivity index is 1.47. The maximum Gasteiger partial charge on any atom is 0.187 e. The van der Waals surface area contributed by atoms with Gasteiger partial charge in [-0.2, -0.15) is 0 Å². The molecule has 0 spiro atoms. The topological polar surface area (TPSA) is 333 Å². The molecule has 18 nitrogen and oxygen atoms in total. The van der Waals surface area contributed by atoms with E-state index in [1.165, 1.54) is 0 Å². The predicted octanol–water partition coefficient (Wildman–Crippen LogP) is -7.87. The summed E-state index contributed by atoms with van der Waals surface area (Å²) in [5, 5.41) is 63.0. The smallest absolute Gasteiger partial charge is 0.187 e. The Hall–Kier alpha value is -0.720. The van der Waals surface area contributed by atoms with Crippen LogP contribution >= 0.6 is 0 Å². The molecule has 4 aliphatic rings. The molecule has 240 valence electrons. The molecule has 19 atom stereocenters. The van der Waals surface area contributed by atoms with Crippen molar-refractivity contribution in [3.8, 4) is 0 Å². The number of aliphatic hydroxyl groups excluding tert-OH is 6. The molecule has 8 unspecified atom stereocenters. The fraction of sp³-hybridized carbons (Fsp3) is 1.00. The lowest BCUT2D eigenvalue weighted by atomic mass is 9.84. The fourth-order valence-electron chi connectivity index (χ4n) is 5.72. The van der Waals surface area contributed by atoms with Crippen LogP contribution in [0.4, 0.5) is 0 Å². The van der Waals surface area contributed by atoms with Crippen molar-refractivity contribution >= 4 is 0 Å². The Kier molecular flexibility index (Phi) is 10.9. The Morgan fingerprint density at radius 1 is 0.561 bits per heavy atom. The van der Waals surface area contributed by atoms with E-state index in [0.29, 0.717) is 0 Å². The molecule has 4 fully saturated rings. The van der Waals surface area contributed by atoms with Crippen molar-refractivity contribution in [3.05, 3.63) is 0 Å². The summed E-state index contributed by atoms with van der Waals surface area (Å²) in [6, 6.07) is -3.97. The molecular weight excluding hydrogens is 552 g/mol. The van der Waals surface area contributed by atoms with Crippen LogP contribution < -0.4 is 34.4 Å². The van der Waals surface area contributed by atoms with Crippen LogP contribution in [0.15, 0.2) is 0 Å². The largest absolute Gasteiger partial charge is 0.389 e. The van der Waals surface area contributed by atoms with Gasteiger partial charge in [0.15, 0.2) is 18.9 Å². The van der Waals surface area contributed by atoms with Crippen molar-refractivity contribution < 1.29 is 59.1 Å². The maximum absolute atomic E-state index is 11.1. The van der Waals surface area contributed by atoms with Crippen LogP contribution in [0.2, 0.25) is 0 Å². The molecule has 0 aromatic carbocycles. The molecule has 18 N–H and O–H groups in total. The third-order valence-corrected chi connectivity index (χ3v) is 8.33. The first-order chi connectivity index (χ1) is 19.3. The summed E-state index contributed by atoms with van der Waals surface area (Å²) >= 11 is 0. The minimum absolute atomic E-state index is 0.117. The molecule has 0 radical (unpaired) electrons. The van der Waals surface area contributed by atoms with Crippen LogP contribution in [0.3, 0.4) is 0 Å². The minimum Gasteiger partial charge on any atom is -0.389 e. The molecule has 0 bridgehead atoms. The van der Waals surface area contributed by atoms with Gasteiger partial charge in [-0.05, 0) is 13.3 Å². The van der Waals surface area contributed by atoms with Gasteiger partial charge in [0, 0.05) is 25.2 Å². The van der Waals surface area contributed by atoms with Crippen molar-refractivity contribution in [3.63, 3.8) is 0 Å². The van der Waals surface area contributed by atoms with Crippen LogP contribution in [-0.4, -0.2) is 160 Å². The Morgan fingerprint density at radius 2 is 1.02 bits per heavy atom. The lowest BCUT2D eigenvalue weighted by Gasteiger charge is -2.47. The van der Waals surface area contributed by atoms with Crippen LogP contribution in [0.1, 0.15) is 13.3 Å². The highest BCUT2D eigenvalue weighted by molar-refractivity contribution is 5.02. The zero-order valence-electron chi connectivity index (χ0n) is 22.7. The van der Waals surface area contributed by atoms with Gasteiger partial charge in [0.1, 0.15) is 61.0 Å². The molecule has 4 rings (SSSR count).